The summed E-state index contributed by atoms with van der Waals surface area (Å²) in [7, 11) is 0. The third-order valence-corrected chi connectivity index (χ3v) is 4.21. The molecule has 0 radical (unpaired) electrons. The van der Waals surface area contributed by atoms with Gasteiger partial charge in [0.2, 0.25) is 0 Å². The minimum atomic E-state index is -0.819. The number of rotatable bonds is 4. The Labute approximate surface area is 139 Å². The van der Waals surface area contributed by atoms with Gasteiger partial charge in [-0.3, -0.25) is 9.59 Å². The molecule has 2 rings (SSSR count). The lowest BCUT2D eigenvalue weighted by Crippen LogP contribution is -2.37. The summed E-state index contributed by atoms with van der Waals surface area (Å²) in [4.78, 5) is 23.9. The average molecular weight is 332 g/mol. The van der Waals surface area contributed by atoms with Gasteiger partial charge in [0.15, 0.2) is 0 Å². The molecule has 1 atom stereocenters. The van der Waals surface area contributed by atoms with Crippen molar-refractivity contribution in [2.75, 3.05) is 11.9 Å². The fourth-order valence-corrected chi connectivity index (χ4v) is 3.11. The Balaban J connectivity index is 1.94. The summed E-state index contributed by atoms with van der Waals surface area (Å²) < 4.78 is 0. The Morgan fingerprint density at radius 3 is 2.39 bits per heavy atom. The zero-order valence-electron chi connectivity index (χ0n) is 13.3. The number of amides is 2. The minimum Gasteiger partial charge on any atom is -0.387 e. The second-order valence-corrected chi connectivity index (χ2v) is 6.29. The molecule has 23 heavy (non-hydrogen) atoms. The van der Waals surface area contributed by atoms with Crippen LogP contribution in [-0.2, 0) is 9.59 Å². The van der Waals surface area contributed by atoms with Gasteiger partial charge in [-0.15, -0.1) is 0 Å². The molecule has 0 aliphatic carbocycles. The van der Waals surface area contributed by atoms with Crippen molar-refractivity contribution in [3.05, 3.63) is 51.2 Å². The van der Waals surface area contributed by atoms with Crippen LogP contribution in [0.2, 0.25) is 0 Å². The monoisotopic (exact) mass is 332 g/mol. The molecule has 2 amide bonds. The maximum absolute atomic E-state index is 12.0. The first-order valence-electron chi connectivity index (χ1n) is 7.25. The van der Waals surface area contributed by atoms with E-state index in [1.165, 1.54) is 11.3 Å². The van der Waals surface area contributed by atoms with Gasteiger partial charge < -0.3 is 15.7 Å². The van der Waals surface area contributed by atoms with Gasteiger partial charge in [0.1, 0.15) is 0 Å². The number of thiophene rings is 1. The average Bonchev–Trinajstić information content (AvgIpc) is 3.02. The fourth-order valence-electron chi connectivity index (χ4n) is 2.40. The van der Waals surface area contributed by atoms with Crippen LogP contribution in [0.1, 0.15) is 28.4 Å². The summed E-state index contributed by atoms with van der Waals surface area (Å²) in [6.07, 6.45) is -0.819. The van der Waals surface area contributed by atoms with Crippen molar-refractivity contribution >= 4 is 28.8 Å². The quantitative estimate of drug-likeness (QED) is 0.753. The normalized spacial score (nSPS) is 11.8. The standard InChI is InChI=1S/C17H20N2O3S/c1-10-6-11(2)15(12(3)7-10)19-17(22)16(21)18-8-14(20)13-4-5-23-9-13/h4-7,9,14,20H,8H2,1-3H3,(H,18,21)(H,19,22). The van der Waals surface area contributed by atoms with Gasteiger partial charge in [-0.05, 0) is 54.3 Å². The highest BCUT2D eigenvalue weighted by molar-refractivity contribution is 7.07. The van der Waals surface area contributed by atoms with Gasteiger partial charge in [0.05, 0.1) is 6.10 Å². The van der Waals surface area contributed by atoms with E-state index >= 15 is 0 Å². The molecule has 6 heteroatoms. The van der Waals surface area contributed by atoms with Crippen LogP contribution >= 0.6 is 11.3 Å². The topological polar surface area (TPSA) is 78.4 Å². The molecule has 0 saturated heterocycles. The molecule has 1 aromatic carbocycles. The maximum atomic E-state index is 12.0. The van der Waals surface area contributed by atoms with Gasteiger partial charge in [-0.2, -0.15) is 11.3 Å². The first-order valence-corrected chi connectivity index (χ1v) is 8.20. The van der Waals surface area contributed by atoms with E-state index in [2.05, 4.69) is 10.6 Å². The van der Waals surface area contributed by atoms with Gasteiger partial charge in [0.25, 0.3) is 0 Å². The van der Waals surface area contributed by atoms with Crippen molar-refractivity contribution in [3.63, 3.8) is 0 Å². The van der Waals surface area contributed by atoms with Crippen LogP contribution in [0.4, 0.5) is 5.69 Å². The smallest absolute Gasteiger partial charge is 0.313 e. The maximum Gasteiger partial charge on any atom is 0.313 e. The molecule has 2 aromatic rings. The molecule has 5 nitrogen and oxygen atoms in total. The van der Waals surface area contributed by atoms with E-state index in [0.717, 1.165) is 22.3 Å². The zero-order valence-corrected chi connectivity index (χ0v) is 14.2. The summed E-state index contributed by atoms with van der Waals surface area (Å²) in [5.41, 5.74) is 4.28. The fraction of sp³-hybridized carbons (Fsp3) is 0.294. The van der Waals surface area contributed by atoms with E-state index in [-0.39, 0.29) is 6.54 Å². The summed E-state index contributed by atoms with van der Waals surface area (Å²) in [5, 5.41) is 18.6. The van der Waals surface area contributed by atoms with Crippen LogP contribution in [0.3, 0.4) is 0 Å². The van der Waals surface area contributed by atoms with Crippen molar-refractivity contribution in [2.45, 2.75) is 26.9 Å². The van der Waals surface area contributed by atoms with Crippen LogP contribution in [0.15, 0.2) is 29.0 Å². The van der Waals surface area contributed by atoms with E-state index < -0.39 is 17.9 Å². The Bertz CT molecular complexity index is 688. The summed E-state index contributed by atoms with van der Waals surface area (Å²) in [5.74, 6) is -1.50. The second-order valence-electron chi connectivity index (χ2n) is 5.51. The zero-order chi connectivity index (χ0) is 17.0. The van der Waals surface area contributed by atoms with Crippen LogP contribution in [0.25, 0.3) is 0 Å². The van der Waals surface area contributed by atoms with Crippen LogP contribution in [-0.4, -0.2) is 23.5 Å². The summed E-state index contributed by atoms with van der Waals surface area (Å²) in [6, 6.07) is 5.67. The van der Waals surface area contributed by atoms with Crippen molar-refractivity contribution in [1.29, 1.82) is 0 Å². The van der Waals surface area contributed by atoms with Crippen LogP contribution in [0, 0.1) is 20.8 Å². The number of benzene rings is 1. The molecular formula is C17H20N2O3S. The molecule has 0 saturated carbocycles. The molecule has 1 heterocycles. The lowest BCUT2D eigenvalue weighted by Gasteiger charge is -2.14. The number of aryl methyl sites for hydroxylation is 3. The second kappa shape index (κ2) is 7.39. The number of aliphatic hydroxyl groups excluding tert-OH is 1. The first kappa shape index (κ1) is 17.2. The van der Waals surface area contributed by atoms with E-state index in [1.807, 2.05) is 38.3 Å². The van der Waals surface area contributed by atoms with Crippen molar-refractivity contribution in [3.8, 4) is 0 Å². The Kier molecular flexibility index (Phi) is 5.52. The molecule has 0 bridgehead atoms. The summed E-state index contributed by atoms with van der Waals surface area (Å²) >= 11 is 1.46. The van der Waals surface area contributed by atoms with Crippen LogP contribution in [0.5, 0.6) is 0 Å². The Morgan fingerprint density at radius 1 is 1.17 bits per heavy atom. The van der Waals surface area contributed by atoms with E-state index in [4.69, 9.17) is 0 Å². The van der Waals surface area contributed by atoms with Gasteiger partial charge in [-0.1, -0.05) is 17.7 Å². The number of hydrogen-bond acceptors (Lipinski definition) is 4. The third-order valence-electron chi connectivity index (χ3n) is 3.51. The predicted molar refractivity (Wildman–Crippen MR) is 91.6 cm³/mol. The minimum absolute atomic E-state index is 0.00511. The molecule has 0 aliphatic heterocycles. The highest BCUT2D eigenvalue weighted by Crippen LogP contribution is 2.21. The molecule has 3 N–H and O–H groups in total. The number of carbonyl (C=O) groups is 2. The molecule has 1 unspecified atom stereocenters. The lowest BCUT2D eigenvalue weighted by atomic mass is 10.1. The van der Waals surface area contributed by atoms with Crippen molar-refractivity contribution in [1.82, 2.24) is 5.32 Å². The molecular weight excluding hydrogens is 312 g/mol. The number of anilines is 1. The molecule has 122 valence electrons. The van der Waals surface area contributed by atoms with Gasteiger partial charge in [0, 0.05) is 12.2 Å². The first-order chi connectivity index (χ1) is 10.9. The van der Waals surface area contributed by atoms with Gasteiger partial charge >= 0.3 is 11.8 Å². The Hall–Kier alpha value is -2.18. The van der Waals surface area contributed by atoms with Gasteiger partial charge in [-0.25, -0.2) is 0 Å². The third kappa shape index (κ3) is 4.40. The van der Waals surface area contributed by atoms with E-state index in [0.29, 0.717) is 5.69 Å². The molecule has 0 fully saturated rings. The number of hydrogen-bond donors (Lipinski definition) is 3. The largest absolute Gasteiger partial charge is 0.387 e. The Morgan fingerprint density at radius 2 is 1.83 bits per heavy atom. The number of carbonyl (C=O) groups excluding carboxylic acids is 2. The van der Waals surface area contributed by atoms with E-state index in [9.17, 15) is 14.7 Å². The van der Waals surface area contributed by atoms with Crippen molar-refractivity contribution < 1.29 is 14.7 Å². The van der Waals surface area contributed by atoms with Crippen LogP contribution < -0.4 is 10.6 Å². The number of nitrogens with one attached hydrogen (secondary N) is 2. The SMILES string of the molecule is Cc1cc(C)c(NC(=O)C(=O)NCC(O)c2ccsc2)c(C)c1. The highest BCUT2D eigenvalue weighted by atomic mass is 32.1. The number of aliphatic hydroxyl groups is 1. The molecule has 0 spiro atoms. The highest BCUT2D eigenvalue weighted by Gasteiger charge is 2.17. The van der Waals surface area contributed by atoms with Crippen molar-refractivity contribution in [2.24, 2.45) is 0 Å². The lowest BCUT2D eigenvalue weighted by molar-refractivity contribution is -0.136. The molecule has 0 aliphatic rings. The van der Waals surface area contributed by atoms with E-state index in [1.54, 1.807) is 11.4 Å². The predicted octanol–water partition coefficient (Wildman–Crippen LogP) is 2.46. The summed E-state index contributed by atoms with van der Waals surface area (Å²) in [6.45, 7) is 5.74. The molecule has 1 aromatic heterocycles.